The highest BCUT2D eigenvalue weighted by Gasteiger charge is 2.15. The number of carbonyl (C=O) groups excluding carboxylic acids is 1. The predicted molar refractivity (Wildman–Crippen MR) is 88.0 cm³/mol. The van der Waals surface area contributed by atoms with E-state index in [1.54, 1.807) is 13.0 Å². The minimum absolute atomic E-state index is 0.0215. The van der Waals surface area contributed by atoms with E-state index >= 15 is 0 Å². The van der Waals surface area contributed by atoms with Gasteiger partial charge in [0, 0.05) is 5.56 Å². The van der Waals surface area contributed by atoms with E-state index in [1.807, 2.05) is 30.3 Å². The first-order chi connectivity index (χ1) is 11.0. The minimum Gasteiger partial charge on any atom is -0.345 e. The Morgan fingerprint density at radius 2 is 1.96 bits per heavy atom. The van der Waals surface area contributed by atoms with Crippen molar-refractivity contribution in [1.82, 2.24) is 5.32 Å². The van der Waals surface area contributed by atoms with Crippen molar-refractivity contribution in [1.29, 1.82) is 5.26 Å². The first-order valence-corrected chi connectivity index (χ1v) is 7.32. The second-order valence-corrected chi connectivity index (χ2v) is 5.32. The summed E-state index contributed by atoms with van der Waals surface area (Å²) in [4.78, 5) is 12.2. The molecule has 0 heterocycles. The van der Waals surface area contributed by atoms with Gasteiger partial charge in [-0.25, -0.2) is 4.39 Å². The number of halogens is 2. The van der Waals surface area contributed by atoms with Crippen LogP contribution < -0.4 is 5.32 Å². The molecule has 0 aromatic heterocycles. The number of nitrogens with zero attached hydrogens (tertiary/aromatic N) is 1. The maximum atomic E-state index is 13.8. The fraction of sp³-hybridized carbons (Fsp3) is 0.111. The molecule has 5 heteroatoms. The number of hydrogen-bond donors (Lipinski definition) is 1. The van der Waals surface area contributed by atoms with E-state index in [0.29, 0.717) is 0 Å². The van der Waals surface area contributed by atoms with Gasteiger partial charge in [-0.3, -0.25) is 4.79 Å². The van der Waals surface area contributed by atoms with Gasteiger partial charge < -0.3 is 5.32 Å². The average molecular weight is 329 g/mol. The van der Waals surface area contributed by atoms with Crippen molar-refractivity contribution in [2.75, 3.05) is 0 Å². The van der Waals surface area contributed by atoms with Crippen LogP contribution in [0.15, 0.2) is 54.1 Å². The normalized spacial score (nSPS) is 12.3. The Labute approximate surface area is 139 Å². The molecular weight excluding hydrogens is 315 g/mol. The van der Waals surface area contributed by atoms with Crippen molar-refractivity contribution in [2.45, 2.75) is 13.0 Å². The highest BCUT2D eigenvalue weighted by molar-refractivity contribution is 6.32. The van der Waals surface area contributed by atoms with Gasteiger partial charge in [-0.1, -0.05) is 48.0 Å². The summed E-state index contributed by atoms with van der Waals surface area (Å²) in [5.74, 6) is -1.17. The molecule has 1 atom stereocenters. The summed E-state index contributed by atoms with van der Waals surface area (Å²) < 4.78 is 13.8. The van der Waals surface area contributed by atoms with Crippen LogP contribution in [0.25, 0.3) is 6.08 Å². The predicted octanol–water partition coefficient (Wildman–Crippen LogP) is 4.26. The van der Waals surface area contributed by atoms with Crippen molar-refractivity contribution in [3.05, 3.63) is 76.1 Å². The maximum Gasteiger partial charge on any atom is 0.262 e. The number of benzene rings is 2. The van der Waals surface area contributed by atoms with Crippen LogP contribution in [0, 0.1) is 17.1 Å². The second-order valence-electron chi connectivity index (χ2n) is 4.91. The molecule has 0 bridgehead atoms. The number of rotatable bonds is 4. The number of amides is 1. The van der Waals surface area contributed by atoms with Crippen molar-refractivity contribution >= 4 is 23.6 Å². The van der Waals surface area contributed by atoms with Gasteiger partial charge in [0.15, 0.2) is 0 Å². The van der Waals surface area contributed by atoms with Gasteiger partial charge in [0.05, 0.1) is 11.1 Å². The lowest BCUT2D eigenvalue weighted by Crippen LogP contribution is -2.27. The van der Waals surface area contributed by atoms with Crippen LogP contribution in [0.3, 0.4) is 0 Å². The monoisotopic (exact) mass is 328 g/mol. The first-order valence-electron chi connectivity index (χ1n) is 6.94. The fourth-order valence-corrected chi connectivity index (χ4v) is 2.26. The maximum absolute atomic E-state index is 13.8. The zero-order valence-electron chi connectivity index (χ0n) is 12.4. The summed E-state index contributed by atoms with van der Waals surface area (Å²) in [6, 6.07) is 15.0. The van der Waals surface area contributed by atoms with E-state index in [-0.39, 0.29) is 22.2 Å². The molecule has 0 unspecified atom stereocenters. The minimum atomic E-state index is -0.589. The molecule has 2 aromatic rings. The fourth-order valence-electron chi connectivity index (χ4n) is 2.04. The van der Waals surface area contributed by atoms with Crippen molar-refractivity contribution in [2.24, 2.45) is 0 Å². The Hall–Kier alpha value is -2.64. The van der Waals surface area contributed by atoms with Crippen LogP contribution in [-0.2, 0) is 4.79 Å². The highest BCUT2D eigenvalue weighted by Crippen LogP contribution is 2.22. The molecule has 23 heavy (non-hydrogen) atoms. The Morgan fingerprint density at radius 3 is 2.57 bits per heavy atom. The number of hydrogen-bond acceptors (Lipinski definition) is 2. The SMILES string of the molecule is C[C@@H](NC(=O)/C(C#N)=C/c1c(F)cccc1Cl)c1ccccc1. The average Bonchev–Trinajstić information content (AvgIpc) is 2.55. The Balaban J connectivity index is 2.23. The molecule has 3 nitrogen and oxygen atoms in total. The van der Waals surface area contributed by atoms with Gasteiger partial charge in [0.25, 0.3) is 5.91 Å². The van der Waals surface area contributed by atoms with E-state index in [2.05, 4.69) is 5.32 Å². The summed E-state index contributed by atoms with van der Waals surface area (Å²) in [5.41, 5.74) is 0.718. The van der Waals surface area contributed by atoms with Crippen LogP contribution in [0.1, 0.15) is 24.1 Å². The molecule has 2 aromatic carbocycles. The Morgan fingerprint density at radius 1 is 1.26 bits per heavy atom. The molecule has 0 fully saturated rings. The first kappa shape index (κ1) is 16.7. The van der Waals surface area contributed by atoms with Crippen LogP contribution in [0.2, 0.25) is 5.02 Å². The molecule has 0 aliphatic carbocycles. The third-order valence-electron chi connectivity index (χ3n) is 3.30. The summed E-state index contributed by atoms with van der Waals surface area (Å²) in [6.45, 7) is 1.80. The van der Waals surface area contributed by atoms with Gasteiger partial charge in [-0.2, -0.15) is 5.26 Å². The summed E-state index contributed by atoms with van der Waals surface area (Å²) >= 11 is 5.91. The molecule has 0 spiro atoms. The van der Waals surface area contributed by atoms with Crippen LogP contribution >= 0.6 is 11.6 Å². The summed E-state index contributed by atoms with van der Waals surface area (Å²) in [6.07, 6.45) is 1.16. The third kappa shape index (κ3) is 4.18. The topological polar surface area (TPSA) is 52.9 Å². The zero-order valence-corrected chi connectivity index (χ0v) is 13.1. The van der Waals surface area contributed by atoms with Gasteiger partial charge in [-0.15, -0.1) is 0 Å². The van der Waals surface area contributed by atoms with Crippen LogP contribution in [-0.4, -0.2) is 5.91 Å². The largest absolute Gasteiger partial charge is 0.345 e. The quantitative estimate of drug-likeness (QED) is 0.673. The van der Waals surface area contributed by atoms with E-state index < -0.39 is 11.7 Å². The van der Waals surface area contributed by atoms with Gasteiger partial charge >= 0.3 is 0 Å². The lowest BCUT2D eigenvalue weighted by Gasteiger charge is -2.13. The standard InChI is InChI=1S/C18H14ClFN2O/c1-12(13-6-3-2-4-7-13)22-18(23)14(11-21)10-15-16(19)8-5-9-17(15)20/h2-10,12H,1H3,(H,22,23)/b14-10+/t12-/m1/s1. The molecule has 0 aliphatic heterocycles. The Kier molecular flexibility index (Phi) is 5.51. The van der Waals surface area contributed by atoms with Gasteiger partial charge in [0.1, 0.15) is 17.5 Å². The number of carbonyl (C=O) groups is 1. The van der Waals surface area contributed by atoms with Crippen molar-refractivity contribution in [3.63, 3.8) is 0 Å². The van der Waals surface area contributed by atoms with E-state index in [1.165, 1.54) is 18.2 Å². The van der Waals surface area contributed by atoms with E-state index in [4.69, 9.17) is 11.6 Å². The smallest absolute Gasteiger partial charge is 0.262 e. The van der Waals surface area contributed by atoms with Crippen LogP contribution in [0.5, 0.6) is 0 Å². The van der Waals surface area contributed by atoms with Gasteiger partial charge in [-0.05, 0) is 30.7 Å². The molecule has 1 amide bonds. The van der Waals surface area contributed by atoms with E-state index in [9.17, 15) is 14.4 Å². The third-order valence-corrected chi connectivity index (χ3v) is 3.63. The van der Waals surface area contributed by atoms with E-state index in [0.717, 1.165) is 11.6 Å². The Bertz CT molecular complexity index is 761. The summed E-state index contributed by atoms with van der Waals surface area (Å²) in [7, 11) is 0. The van der Waals surface area contributed by atoms with Crippen molar-refractivity contribution in [3.8, 4) is 6.07 Å². The zero-order chi connectivity index (χ0) is 16.8. The lowest BCUT2D eigenvalue weighted by molar-refractivity contribution is -0.117. The molecule has 0 radical (unpaired) electrons. The summed E-state index contributed by atoms with van der Waals surface area (Å²) in [5, 5.41) is 12.0. The van der Waals surface area contributed by atoms with Gasteiger partial charge in [0.2, 0.25) is 0 Å². The molecule has 0 aliphatic rings. The molecule has 0 saturated heterocycles. The van der Waals surface area contributed by atoms with Crippen molar-refractivity contribution < 1.29 is 9.18 Å². The molecule has 2 rings (SSSR count). The number of nitrogens with one attached hydrogen (secondary N) is 1. The second kappa shape index (κ2) is 7.57. The lowest BCUT2D eigenvalue weighted by atomic mass is 10.1. The molecular formula is C18H14ClFN2O. The highest BCUT2D eigenvalue weighted by atomic mass is 35.5. The molecule has 116 valence electrons. The molecule has 0 saturated carbocycles. The molecule has 1 N–H and O–H groups in total. The van der Waals surface area contributed by atoms with Crippen LogP contribution in [0.4, 0.5) is 4.39 Å². The number of nitriles is 1.